The molecule has 0 radical (unpaired) electrons. The molecular weight excluding hydrogens is 334 g/mol. The molecule has 114 valence electrons. The predicted molar refractivity (Wildman–Crippen MR) is 85.7 cm³/mol. The van der Waals surface area contributed by atoms with E-state index in [-0.39, 0.29) is 23.8 Å². The van der Waals surface area contributed by atoms with Crippen LogP contribution in [0.25, 0.3) is 0 Å². The lowest BCUT2D eigenvalue weighted by atomic mass is 9.95. The van der Waals surface area contributed by atoms with Crippen molar-refractivity contribution in [3.63, 3.8) is 0 Å². The summed E-state index contributed by atoms with van der Waals surface area (Å²) in [7, 11) is 0. The Balaban J connectivity index is 1.88. The molecule has 1 saturated heterocycles. The van der Waals surface area contributed by atoms with E-state index in [1.807, 2.05) is 31.2 Å². The first kappa shape index (κ1) is 16.0. The number of hydrogen-bond donors (Lipinski definition) is 2. The van der Waals surface area contributed by atoms with Gasteiger partial charge in [-0.25, -0.2) is 0 Å². The largest absolute Gasteiger partial charge is 0.369 e. The van der Waals surface area contributed by atoms with Crippen molar-refractivity contribution in [3.8, 4) is 0 Å². The number of carbonyl (C=O) groups excluding carboxylic acids is 2. The number of rotatable bonds is 4. The van der Waals surface area contributed by atoms with Gasteiger partial charge in [-0.1, -0.05) is 15.9 Å². The van der Waals surface area contributed by atoms with Crippen LogP contribution in [0.2, 0.25) is 0 Å². The summed E-state index contributed by atoms with van der Waals surface area (Å²) in [5, 5.41) is 2.91. The minimum Gasteiger partial charge on any atom is -0.369 e. The van der Waals surface area contributed by atoms with Crippen LogP contribution in [0.15, 0.2) is 28.7 Å². The standard InChI is InChI=1S/C15H20BrN3O2/c1-10(19-8-6-11(7-9-19)14(17)20)15(21)18-13-4-2-12(16)3-5-13/h2-5,10-11H,6-9H2,1H3,(H2,17,20)(H,18,21)/t10-/m1/s1. The molecule has 2 rings (SSSR count). The van der Waals surface area contributed by atoms with E-state index in [1.54, 1.807) is 0 Å². The molecule has 1 heterocycles. The molecule has 0 unspecified atom stereocenters. The van der Waals surface area contributed by atoms with Crippen molar-refractivity contribution in [2.24, 2.45) is 11.7 Å². The lowest BCUT2D eigenvalue weighted by molar-refractivity contribution is -0.124. The highest BCUT2D eigenvalue weighted by atomic mass is 79.9. The fourth-order valence-electron chi connectivity index (χ4n) is 2.52. The number of carbonyl (C=O) groups is 2. The molecule has 1 aromatic rings. The van der Waals surface area contributed by atoms with Gasteiger partial charge in [0.15, 0.2) is 0 Å². The minimum absolute atomic E-state index is 0.0325. The van der Waals surface area contributed by atoms with Crippen LogP contribution in [-0.4, -0.2) is 35.8 Å². The van der Waals surface area contributed by atoms with Gasteiger partial charge >= 0.3 is 0 Å². The first-order valence-corrected chi connectivity index (χ1v) is 7.86. The molecule has 6 heteroatoms. The molecule has 3 N–H and O–H groups in total. The molecule has 21 heavy (non-hydrogen) atoms. The average molecular weight is 354 g/mol. The average Bonchev–Trinajstić information content (AvgIpc) is 2.49. The van der Waals surface area contributed by atoms with Crippen molar-refractivity contribution < 1.29 is 9.59 Å². The zero-order valence-corrected chi connectivity index (χ0v) is 13.6. The van der Waals surface area contributed by atoms with Crippen LogP contribution >= 0.6 is 15.9 Å². The Morgan fingerprint density at radius 2 is 1.86 bits per heavy atom. The van der Waals surface area contributed by atoms with E-state index in [1.165, 1.54) is 0 Å². The van der Waals surface area contributed by atoms with E-state index < -0.39 is 0 Å². The van der Waals surface area contributed by atoms with E-state index >= 15 is 0 Å². The Hall–Kier alpha value is -1.40. The molecular formula is C15H20BrN3O2. The van der Waals surface area contributed by atoms with Gasteiger partial charge in [0, 0.05) is 16.1 Å². The van der Waals surface area contributed by atoms with E-state index in [0.717, 1.165) is 36.1 Å². The fraction of sp³-hybridized carbons (Fsp3) is 0.467. The van der Waals surface area contributed by atoms with E-state index in [0.29, 0.717) is 0 Å². The van der Waals surface area contributed by atoms with E-state index in [9.17, 15) is 9.59 Å². The van der Waals surface area contributed by atoms with Crippen molar-refractivity contribution in [1.82, 2.24) is 4.90 Å². The third-order valence-electron chi connectivity index (χ3n) is 3.97. The number of amides is 2. The summed E-state index contributed by atoms with van der Waals surface area (Å²) in [4.78, 5) is 25.5. The second-order valence-corrected chi connectivity index (χ2v) is 6.30. The predicted octanol–water partition coefficient (Wildman–Crippen LogP) is 1.97. The molecule has 5 nitrogen and oxygen atoms in total. The molecule has 1 aromatic carbocycles. The van der Waals surface area contributed by atoms with Gasteiger partial charge in [-0.15, -0.1) is 0 Å². The maximum Gasteiger partial charge on any atom is 0.241 e. The summed E-state index contributed by atoms with van der Waals surface area (Å²) in [5.41, 5.74) is 6.10. The Kier molecular flexibility index (Phi) is 5.36. The first-order chi connectivity index (χ1) is 9.97. The van der Waals surface area contributed by atoms with Crippen LogP contribution in [0.4, 0.5) is 5.69 Å². The SMILES string of the molecule is C[C@H](C(=O)Nc1ccc(Br)cc1)N1CCC(C(N)=O)CC1. The van der Waals surface area contributed by atoms with Crippen molar-refractivity contribution >= 4 is 33.4 Å². The summed E-state index contributed by atoms with van der Waals surface area (Å²) in [5.74, 6) is -0.320. The lowest BCUT2D eigenvalue weighted by Crippen LogP contribution is -2.47. The number of primary amides is 1. The molecule has 0 spiro atoms. The van der Waals surface area contributed by atoms with Crippen LogP contribution in [0, 0.1) is 5.92 Å². The van der Waals surface area contributed by atoms with Crippen LogP contribution < -0.4 is 11.1 Å². The smallest absolute Gasteiger partial charge is 0.241 e. The molecule has 2 amide bonds. The summed E-state index contributed by atoms with van der Waals surface area (Å²) in [6.07, 6.45) is 1.45. The summed E-state index contributed by atoms with van der Waals surface area (Å²) >= 11 is 3.36. The number of piperidine rings is 1. The van der Waals surface area contributed by atoms with E-state index in [2.05, 4.69) is 26.1 Å². The van der Waals surface area contributed by atoms with Gasteiger partial charge in [0.1, 0.15) is 0 Å². The summed E-state index contributed by atoms with van der Waals surface area (Å²) in [6, 6.07) is 7.27. The lowest BCUT2D eigenvalue weighted by Gasteiger charge is -2.34. The Bertz CT molecular complexity index is 510. The first-order valence-electron chi connectivity index (χ1n) is 7.07. The van der Waals surface area contributed by atoms with Crippen molar-refractivity contribution in [2.75, 3.05) is 18.4 Å². The van der Waals surface area contributed by atoms with Gasteiger partial charge in [0.05, 0.1) is 6.04 Å². The van der Waals surface area contributed by atoms with Gasteiger partial charge in [-0.2, -0.15) is 0 Å². The highest BCUT2D eigenvalue weighted by molar-refractivity contribution is 9.10. The second kappa shape index (κ2) is 7.04. The third kappa shape index (κ3) is 4.28. The molecule has 0 aromatic heterocycles. The van der Waals surface area contributed by atoms with Crippen molar-refractivity contribution in [1.29, 1.82) is 0 Å². The fourth-order valence-corrected chi connectivity index (χ4v) is 2.78. The Morgan fingerprint density at radius 3 is 2.38 bits per heavy atom. The zero-order valence-electron chi connectivity index (χ0n) is 12.0. The van der Waals surface area contributed by atoms with Gasteiger partial charge < -0.3 is 11.1 Å². The topological polar surface area (TPSA) is 75.4 Å². The number of anilines is 1. The number of halogens is 1. The van der Waals surface area contributed by atoms with Gasteiger partial charge in [0.2, 0.25) is 11.8 Å². The van der Waals surface area contributed by atoms with E-state index in [4.69, 9.17) is 5.73 Å². The van der Waals surface area contributed by atoms with Gasteiger partial charge in [-0.3, -0.25) is 14.5 Å². The summed E-state index contributed by atoms with van der Waals surface area (Å²) < 4.78 is 0.974. The highest BCUT2D eigenvalue weighted by Gasteiger charge is 2.28. The third-order valence-corrected chi connectivity index (χ3v) is 4.50. The van der Waals surface area contributed by atoms with Crippen LogP contribution in [0.5, 0.6) is 0 Å². The van der Waals surface area contributed by atoms with Crippen molar-refractivity contribution in [3.05, 3.63) is 28.7 Å². The maximum absolute atomic E-state index is 12.3. The van der Waals surface area contributed by atoms with Crippen LogP contribution in [0.3, 0.4) is 0 Å². The molecule has 1 atom stereocenters. The van der Waals surface area contributed by atoms with Crippen LogP contribution in [-0.2, 0) is 9.59 Å². The normalized spacial score (nSPS) is 18.2. The van der Waals surface area contributed by atoms with Crippen molar-refractivity contribution in [2.45, 2.75) is 25.8 Å². The zero-order chi connectivity index (χ0) is 15.4. The second-order valence-electron chi connectivity index (χ2n) is 5.38. The number of hydrogen-bond acceptors (Lipinski definition) is 3. The number of benzene rings is 1. The highest BCUT2D eigenvalue weighted by Crippen LogP contribution is 2.20. The molecule has 1 aliphatic heterocycles. The molecule has 0 saturated carbocycles. The van der Waals surface area contributed by atoms with Crippen LogP contribution in [0.1, 0.15) is 19.8 Å². The molecule has 0 bridgehead atoms. The number of likely N-dealkylation sites (tertiary alicyclic amines) is 1. The van der Waals surface area contributed by atoms with Gasteiger partial charge in [0.25, 0.3) is 0 Å². The Morgan fingerprint density at radius 1 is 1.29 bits per heavy atom. The van der Waals surface area contributed by atoms with Gasteiger partial charge in [-0.05, 0) is 57.1 Å². The maximum atomic E-state index is 12.3. The molecule has 1 aliphatic rings. The number of nitrogens with zero attached hydrogens (tertiary/aromatic N) is 1. The number of nitrogens with one attached hydrogen (secondary N) is 1. The molecule has 0 aliphatic carbocycles. The monoisotopic (exact) mass is 353 g/mol. The quantitative estimate of drug-likeness (QED) is 0.868. The number of nitrogens with two attached hydrogens (primary N) is 1. The minimum atomic E-state index is -0.235. The Labute approximate surface area is 133 Å². The molecule has 1 fully saturated rings. The summed E-state index contributed by atoms with van der Waals surface area (Å²) in [6.45, 7) is 3.34.